The molecule has 7 heteroatoms. The van der Waals surface area contributed by atoms with Crippen molar-refractivity contribution >= 4 is 21.4 Å². The number of hydrogen-bond acceptors (Lipinski definition) is 5. The molecule has 1 aromatic rings. The van der Waals surface area contributed by atoms with E-state index in [1.165, 1.54) is 0 Å². The molecule has 0 amide bonds. The number of para-hydroxylation sites is 1. The van der Waals surface area contributed by atoms with E-state index in [1.54, 1.807) is 0 Å². The van der Waals surface area contributed by atoms with E-state index in [2.05, 4.69) is 10.0 Å². The van der Waals surface area contributed by atoms with Gasteiger partial charge in [0.25, 0.3) is 0 Å². The molecule has 0 atom stereocenters. The van der Waals surface area contributed by atoms with Crippen LogP contribution in [-0.2, 0) is 10.0 Å². The predicted molar refractivity (Wildman–Crippen MR) is 82.6 cm³/mol. The highest BCUT2D eigenvalue weighted by molar-refractivity contribution is 7.88. The molecule has 0 fully saturated rings. The molecule has 0 spiro atoms. The Balaban J connectivity index is 2.48. The Hall–Kier alpha value is -1.47. The standard InChI is InChI=1S/C13H23N3O3S/c1-10(2)19-12-7-4-6-11(13(12)14)15-8-5-9-16-20(3,17)18/h4,6-7,10,15-16H,5,8-9,14H2,1-3H3. The summed E-state index contributed by atoms with van der Waals surface area (Å²) >= 11 is 0. The Kier molecular flexibility index (Phi) is 6.09. The largest absolute Gasteiger partial charge is 0.489 e. The van der Waals surface area contributed by atoms with Gasteiger partial charge in [-0.2, -0.15) is 0 Å². The Morgan fingerprint density at radius 2 is 2.00 bits per heavy atom. The molecule has 0 aliphatic heterocycles. The van der Waals surface area contributed by atoms with Gasteiger partial charge >= 0.3 is 0 Å². The van der Waals surface area contributed by atoms with E-state index in [0.717, 1.165) is 11.9 Å². The summed E-state index contributed by atoms with van der Waals surface area (Å²) in [6, 6.07) is 5.56. The number of nitrogens with two attached hydrogens (primary N) is 1. The Morgan fingerprint density at radius 1 is 1.30 bits per heavy atom. The lowest BCUT2D eigenvalue weighted by Crippen LogP contribution is -2.24. The molecule has 6 nitrogen and oxygen atoms in total. The number of ether oxygens (including phenoxy) is 1. The number of anilines is 2. The lowest BCUT2D eigenvalue weighted by atomic mass is 10.2. The molecule has 0 radical (unpaired) electrons. The molecule has 0 unspecified atom stereocenters. The maximum atomic E-state index is 10.9. The van der Waals surface area contributed by atoms with Crippen molar-refractivity contribution in [3.63, 3.8) is 0 Å². The number of rotatable bonds is 8. The first-order valence-corrected chi connectivity index (χ1v) is 8.42. The average molecular weight is 301 g/mol. The molecule has 0 aromatic heterocycles. The second-order valence-electron chi connectivity index (χ2n) is 4.83. The number of benzene rings is 1. The first-order chi connectivity index (χ1) is 9.29. The van der Waals surface area contributed by atoms with Crippen LogP contribution in [0, 0.1) is 0 Å². The highest BCUT2D eigenvalue weighted by Crippen LogP contribution is 2.29. The number of nitrogens with one attached hydrogen (secondary N) is 2. The van der Waals surface area contributed by atoms with Gasteiger partial charge in [0.1, 0.15) is 5.75 Å². The summed E-state index contributed by atoms with van der Waals surface area (Å²) < 4.78 is 29.8. The van der Waals surface area contributed by atoms with E-state index in [9.17, 15) is 8.42 Å². The highest BCUT2D eigenvalue weighted by Gasteiger charge is 2.07. The monoisotopic (exact) mass is 301 g/mol. The maximum Gasteiger partial charge on any atom is 0.208 e. The van der Waals surface area contributed by atoms with Gasteiger partial charge in [0, 0.05) is 13.1 Å². The number of nitrogen functional groups attached to an aromatic ring is 1. The Bertz CT molecular complexity index is 530. The first kappa shape index (κ1) is 16.6. The van der Waals surface area contributed by atoms with Crippen LogP contribution in [0.5, 0.6) is 5.75 Å². The van der Waals surface area contributed by atoms with Crippen LogP contribution in [-0.4, -0.2) is 33.9 Å². The summed E-state index contributed by atoms with van der Waals surface area (Å²) in [6.45, 7) is 4.90. The number of sulfonamides is 1. The average Bonchev–Trinajstić information content (AvgIpc) is 2.31. The van der Waals surface area contributed by atoms with Gasteiger partial charge in [-0.05, 0) is 32.4 Å². The SMILES string of the molecule is CC(C)Oc1cccc(NCCCNS(C)(=O)=O)c1N. The van der Waals surface area contributed by atoms with Crippen LogP contribution in [0.25, 0.3) is 0 Å². The van der Waals surface area contributed by atoms with Crippen molar-refractivity contribution < 1.29 is 13.2 Å². The molecule has 114 valence electrons. The van der Waals surface area contributed by atoms with Crippen LogP contribution < -0.4 is 20.5 Å². The van der Waals surface area contributed by atoms with Gasteiger partial charge in [-0.1, -0.05) is 6.07 Å². The molecule has 1 aromatic carbocycles. The van der Waals surface area contributed by atoms with E-state index >= 15 is 0 Å². The maximum absolute atomic E-state index is 10.9. The van der Waals surface area contributed by atoms with Crippen molar-refractivity contribution in [2.75, 3.05) is 30.4 Å². The molecule has 0 saturated heterocycles. The van der Waals surface area contributed by atoms with E-state index in [1.807, 2.05) is 32.0 Å². The van der Waals surface area contributed by atoms with E-state index < -0.39 is 10.0 Å². The summed E-state index contributed by atoms with van der Waals surface area (Å²) in [4.78, 5) is 0. The third-order valence-electron chi connectivity index (χ3n) is 2.46. The number of hydrogen-bond donors (Lipinski definition) is 3. The quantitative estimate of drug-likeness (QED) is 0.498. The van der Waals surface area contributed by atoms with Crippen molar-refractivity contribution in [3.05, 3.63) is 18.2 Å². The van der Waals surface area contributed by atoms with Crippen LogP contribution in [0.2, 0.25) is 0 Å². The summed E-state index contributed by atoms with van der Waals surface area (Å²) in [7, 11) is -3.12. The second-order valence-corrected chi connectivity index (χ2v) is 6.66. The summed E-state index contributed by atoms with van der Waals surface area (Å²) in [6.07, 6.45) is 1.87. The van der Waals surface area contributed by atoms with Gasteiger partial charge in [-0.15, -0.1) is 0 Å². The molecule has 1 rings (SSSR count). The van der Waals surface area contributed by atoms with Crippen molar-refractivity contribution in [2.45, 2.75) is 26.4 Å². The minimum Gasteiger partial charge on any atom is -0.489 e. The van der Waals surface area contributed by atoms with Gasteiger partial charge in [-0.25, -0.2) is 13.1 Å². The van der Waals surface area contributed by atoms with Crippen LogP contribution in [0.1, 0.15) is 20.3 Å². The van der Waals surface area contributed by atoms with Crippen molar-refractivity contribution in [1.82, 2.24) is 4.72 Å². The van der Waals surface area contributed by atoms with Crippen LogP contribution in [0.15, 0.2) is 18.2 Å². The smallest absolute Gasteiger partial charge is 0.208 e. The predicted octanol–water partition coefficient (Wildman–Crippen LogP) is 1.41. The van der Waals surface area contributed by atoms with E-state index in [-0.39, 0.29) is 6.10 Å². The van der Waals surface area contributed by atoms with E-state index in [4.69, 9.17) is 10.5 Å². The third-order valence-corrected chi connectivity index (χ3v) is 3.19. The normalized spacial score (nSPS) is 11.6. The lowest BCUT2D eigenvalue weighted by Gasteiger charge is -2.15. The van der Waals surface area contributed by atoms with Crippen molar-refractivity contribution in [1.29, 1.82) is 0 Å². The van der Waals surface area contributed by atoms with Gasteiger partial charge in [0.05, 0.1) is 23.7 Å². The molecule has 0 heterocycles. The minimum absolute atomic E-state index is 0.0616. The van der Waals surface area contributed by atoms with Crippen molar-refractivity contribution in [2.24, 2.45) is 0 Å². The zero-order chi connectivity index (χ0) is 15.2. The molecule has 4 N–H and O–H groups in total. The molecular formula is C13H23N3O3S. The first-order valence-electron chi connectivity index (χ1n) is 6.53. The fourth-order valence-electron chi connectivity index (χ4n) is 1.62. The molecule has 0 aliphatic carbocycles. The van der Waals surface area contributed by atoms with Crippen LogP contribution in [0.4, 0.5) is 11.4 Å². The van der Waals surface area contributed by atoms with Crippen LogP contribution >= 0.6 is 0 Å². The topological polar surface area (TPSA) is 93.5 Å². The summed E-state index contributed by atoms with van der Waals surface area (Å²) in [5.74, 6) is 0.652. The Labute approximate surface area is 120 Å². The van der Waals surface area contributed by atoms with Crippen LogP contribution in [0.3, 0.4) is 0 Å². The zero-order valence-electron chi connectivity index (χ0n) is 12.1. The Morgan fingerprint density at radius 3 is 2.60 bits per heavy atom. The van der Waals surface area contributed by atoms with Gasteiger partial charge in [0.2, 0.25) is 10.0 Å². The van der Waals surface area contributed by atoms with Gasteiger partial charge in [-0.3, -0.25) is 0 Å². The minimum atomic E-state index is -3.12. The van der Waals surface area contributed by atoms with Gasteiger partial charge in [0.15, 0.2) is 0 Å². The highest BCUT2D eigenvalue weighted by atomic mass is 32.2. The fourth-order valence-corrected chi connectivity index (χ4v) is 2.14. The molecule has 0 bridgehead atoms. The molecule has 0 saturated carbocycles. The summed E-state index contributed by atoms with van der Waals surface area (Å²) in [5, 5.41) is 3.17. The van der Waals surface area contributed by atoms with Crippen molar-refractivity contribution in [3.8, 4) is 5.75 Å². The van der Waals surface area contributed by atoms with E-state index in [0.29, 0.717) is 30.9 Å². The zero-order valence-corrected chi connectivity index (χ0v) is 13.0. The third kappa shape index (κ3) is 6.12. The molecule has 0 aliphatic rings. The fraction of sp³-hybridized carbons (Fsp3) is 0.538. The summed E-state index contributed by atoms with van der Waals surface area (Å²) in [5.41, 5.74) is 7.38. The molecule has 20 heavy (non-hydrogen) atoms. The molecular weight excluding hydrogens is 278 g/mol. The lowest BCUT2D eigenvalue weighted by molar-refractivity contribution is 0.244. The van der Waals surface area contributed by atoms with Gasteiger partial charge < -0.3 is 15.8 Å². The second kappa shape index (κ2) is 7.35.